The Morgan fingerprint density at radius 3 is 2.79 bits per heavy atom. The Bertz CT molecular complexity index is 345. The molecule has 0 spiro atoms. The van der Waals surface area contributed by atoms with Crippen LogP contribution in [0.1, 0.15) is 32.1 Å². The summed E-state index contributed by atoms with van der Waals surface area (Å²) >= 11 is 4.22. The first-order valence-electron chi connectivity index (χ1n) is 6.55. The van der Waals surface area contributed by atoms with E-state index in [0.717, 1.165) is 6.42 Å². The molecule has 0 aromatic carbocycles. The smallest absolute Gasteiger partial charge is 0.510 e. The lowest BCUT2D eigenvalue weighted by Gasteiger charge is -2.58. The van der Waals surface area contributed by atoms with Gasteiger partial charge in [-0.2, -0.15) is 12.6 Å². The number of nitrogens with zero attached hydrogens (tertiary/aromatic N) is 2. The monoisotopic (exact) mass is 292 g/mol. The number of quaternary nitrogens is 1. The Hall–Kier alpha value is -0.540. The Labute approximate surface area is 117 Å². The van der Waals surface area contributed by atoms with E-state index in [0.29, 0.717) is 38.0 Å². The number of rotatable bonds is 2. The molecule has 0 bridgehead atoms. The molecule has 0 aromatic heterocycles. The van der Waals surface area contributed by atoms with Gasteiger partial charge in [0.2, 0.25) is 0 Å². The molecule has 0 saturated carbocycles. The van der Waals surface area contributed by atoms with E-state index in [1.165, 1.54) is 5.01 Å². The van der Waals surface area contributed by atoms with Crippen LogP contribution in [0, 0.1) is 5.21 Å². The Morgan fingerprint density at radius 1 is 1.42 bits per heavy atom. The maximum absolute atomic E-state index is 13.2. The normalized spacial score (nSPS) is 40.3. The Balaban J connectivity index is 2.33. The lowest BCUT2D eigenvalue weighted by atomic mass is 10.1. The van der Waals surface area contributed by atoms with Crippen LogP contribution in [-0.2, 0) is 4.74 Å². The number of hydrogen-bond donors (Lipinski definition) is 3. The third-order valence-electron chi connectivity index (χ3n) is 3.97. The second-order valence-electron chi connectivity index (χ2n) is 5.06. The predicted molar refractivity (Wildman–Crippen MR) is 70.0 cm³/mol. The molecule has 0 aliphatic carbocycles. The summed E-state index contributed by atoms with van der Waals surface area (Å²) in [6, 6.07) is -0.384. The first-order valence-corrected chi connectivity index (χ1v) is 7.18. The van der Waals surface area contributed by atoms with Crippen molar-refractivity contribution < 1.29 is 24.5 Å². The standard InChI is InChI=1S/C11H20N2O5S/c14-9-4-1-3-8(7-19)13(17)10(18-11(15)16)5-2-6-12(9)13/h8-10,14,19H,1-7H2,(H,15,16)/t8?,9-,10+,13+/m1/s1. The summed E-state index contributed by atoms with van der Waals surface area (Å²) in [5.41, 5.74) is 0. The lowest BCUT2D eigenvalue weighted by molar-refractivity contribution is -1.06. The molecule has 2 heterocycles. The fourth-order valence-electron chi connectivity index (χ4n) is 3.07. The molecule has 0 aromatic rings. The van der Waals surface area contributed by atoms with Crippen LogP contribution in [0.4, 0.5) is 4.79 Å². The van der Waals surface area contributed by atoms with Gasteiger partial charge in [-0.25, -0.2) is 9.55 Å². The number of thiol groups is 1. The molecule has 8 heteroatoms. The third kappa shape index (κ3) is 2.68. The first kappa shape index (κ1) is 14.9. The molecule has 2 aliphatic heterocycles. The molecule has 1 unspecified atom stereocenters. The van der Waals surface area contributed by atoms with Gasteiger partial charge in [0.1, 0.15) is 6.04 Å². The van der Waals surface area contributed by atoms with Gasteiger partial charge in [0, 0.05) is 18.6 Å². The highest BCUT2D eigenvalue weighted by Crippen LogP contribution is 2.37. The minimum atomic E-state index is -1.45. The number of hydrogen-bond acceptors (Lipinski definition) is 6. The van der Waals surface area contributed by atoms with Crippen LogP contribution < -0.4 is 0 Å². The molecule has 2 N–H and O–H groups in total. The number of hydroxylamine groups is 2. The molecule has 7 nitrogen and oxygen atoms in total. The largest absolute Gasteiger partial charge is 0.608 e. The summed E-state index contributed by atoms with van der Waals surface area (Å²) in [5.74, 6) is 0.339. The van der Waals surface area contributed by atoms with Crippen LogP contribution in [0.3, 0.4) is 0 Å². The van der Waals surface area contributed by atoms with Gasteiger partial charge in [-0.3, -0.25) is 0 Å². The molecule has 2 rings (SSSR count). The van der Waals surface area contributed by atoms with Crippen molar-refractivity contribution in [2.75, 3.05) is 12.3 Å². The van der Waals surface area contributed by atoms with Gasteiger partial charge >= 0.3 is 6.16 Å². The molecule has 2 saturated heterocycles. The summed E-state index contributed by atoms with van der Waals surface area (Å²) in [4.78, 5) is 10.8. The van der Waals surface area contributed by atoms with Gasteiger partial charge in [0.15, 0.2) is 6.23 Å². The van der Waals surface area contributed by atoms with Crippen LogP contribution in [-0.4, -0.2) is 56.9 Å². The summed E-state index contributed by atoms with van der Waals surface area (Å²) in [6.07, 6.45) is -0.424. The van der Waals surface area contributed by atoms with Crippen molar-refractivity contribution in [3.63, 3.8) is 0 Å². The van der Waals surface area contributed by atoms with E-state index in [9.17, 15) is 15.1 Å². The summed E-state index contributed by atoms with van der Waals surface area (Å²) < 4.78 is 3.87. The van der Waals surface area contributed by atoms with E-state index in [1.807, 2.05) is 0 Å². The highest BCUT2D eigenvalue weighted by atomic mass is 32.1. The Morgan fingerprint density at radius 2 is 2.16 bits per heavy atom. The van der Waals surface area contributed by atoms with Gasteiger partial charge < -0.3 is 20.2 Å². The molecule has 0 radical (unpaired) electrons. The van der Waals surface area contributed by atoms with Crippen LogP contribution in [0.15, 0.2) is 0 Å². The number of carbonyl (C=O) groups is 1. The predicted octanol–water partition coefficient (Wildman–Crippen LogP) is 1.13. The van der Waals surface area contributed by atoms with Crippen LogP contribution in [0.2, 0.25) is 0 Å². The van der Waals surface area contributed by atoms with E-state index in [-0.39, 0.29) is 6.04 Å². The molecular formula is C11H20N2O5S. The molecule has 19 heavy (non-hydrogen) atoms. The highest BCUT2D eigenvalue weighted by molar-refractivity contribution is 7.80. The van der Waals surface area contributed by atoms with E-state index < -0.39 is 23.4 Å². The maximum atomic E-state index is 13.2. The summed E-state index contributed by atoms with van der Waals surface area (Å²) in [5, 5.41) is 33.5. The molecular weight excluding hydrogens is 272 g/mol. The van der Waals surface area contributed by atoms with Crippen molar-refractivity contribution in [3.05, 3.63) is 5.21 Å². The van der Waals surface area contributed by atoms with Crippen molar-refractivity contribution in [2.45, 2.75) is 50.6 Å². The van der Waals surface area contributed by atoms with Crippen molar-refractivity contribution in [3.8, 4) is 0 Å². The van der Waals surface area contributed by atoms with E-state index in [4.69, 9.17) is 9.84 Å². The van der Waals surface area contributed by atoms with Crippen LogP contribution in [0.5, 0.6) is 0 Å². The van der Waals surface area contributed by atoms with E-state index in [1.54, 1.807) is 0 Å². The van der Waals surface area contributed by atoms with Crippen LogP contribution >= 0.6 is 12.6 Å². The second kappa shape index (κ2) is 5.84. The quantitative estimate of drug-likeness (QED) is 0.306. The second-order valence-corrected chi connectivity index (χ2v) is 5.43. The average molecular weight is 292 g/mol. The van der Waals surface area contributed by atoms with Crippen molar-refractivity contribution in [1.82, 2.24) is 5.01 Å². The maximum Gasteiger partial charge on any atom is 0.510 e. The fraction of sp³-hybridized carbons (Fsp3) is 0.909. The zero-order valence-electron chi connectivity index (χ0n) is 10.6. The molecule has 110 valence electrons. The number of carboxylic acid groups (broad SMARTS) is 1. The number of aliphatic hydroxyl groups excluding tert-OH is 1. The molecule has 0 amide bonds. The topological polar surface area (TPSA) is 93.1 Å². The fourth-order valence-corrected chi connectivity index (χ4v) is 3.48. The van der Waals surface area contributed by atoms with Gasteiger partial charge in [0.05, 0.1) is 6.54 Å². The average Bonchev–Trinajstić information content (AvgIpc) is 2.48. The highest BCUT2D eigenvalue weighted by Gasteiger charge is 2.50. The van der Waals surface area contributed by atoms with Crippen molar-refractivity contribution >= 4 is 18.8 Å². The van der Waals surface area contributed by atoms with Gasteiger partial charge in [-0.1, -0.05) is 0 Å². The van der Waals surface area contributed by atoms with Gasteiger partial charge in [-0.05, 0) is 19.3 Å². The van der Waals surface area contributed by atoms with E-state index >= 15 is 0 Å². The molecule has 2 fully saturated rings. The summed E-state index contributed by atoms with van der Waals surface area (Å²) in [7, 11) is 0. The molecule has 4 atom stereocenters. The minimum absolute atomic E-state index is 0.339. The number of ether oxygens (including phenoxy) is 1. The zero-order chi connectivity index (χ0) is 14.0. The minimum Gasteiger partial charge on any atom is -0.608 e. The number of fused-ring (bicyclic) bond motifs is 1. The van der Waals surface area contributed by atoms with Gasteiger partial charge in [-0.15, -0.1) is 5.01 Å². The zero-order valence-corrected chi connectivity index (χ0v) is 11.5. The first-order chi connectivity index (χ1) is 9.00. The lowest BCUT2D eigenvalue weighted by Crippen LogP contribution is -2.71. The SMILES string of the molecule is O=C(O)O[C@H]1CCCN2[C@H](O)CCCC(CS)[N@+]12[O-]. The van der Waals surface area contributed by atoms with E-state index in [2.05, 4.69) is 12.6 Å². The summed E-state index contributed by atoms with van der Waals surface area (Å²) in [6.45, 7) is 0.453. The third-order valence-corrected chi connectivity index (χ3v) is 4.39. The molecule has 2 aliphatic rings. The van der Waals surface area contributed by atoms with Crippen molar-refractivity contribution in [2.24, 2.45) is 0 Å². The Kier molecular flexibility index (Phi) is 4.57. The van der Waals surface area contributed by atoms with Gasteiger partial charge in [0.25, 0.3) is 6.23 Å². The number of aliphatic hydroxyl groups is 1. The van der Waals surface area contributed by atoms with Crippen LogP contribution in [0.25, 0.3) is 0 Å². The van der Waals surface area contributed by atoms with Crippen molar-refractivity contribution in [1.29, 1.82) is 0 Å².